The lowest BCUT2D eigenvalue weighted by Crippen LogP contribution is -2.32. The minimum atomic E-state index is 0.389. The molecule has 0 atom stereocenters. The summed E-state index contributed by atoms with van der Waals surface area (Å²) in [5.74, 6) is 12.6. The summed E-state index contributed by atoms with van der Waals surface area (Å²) in [5, 5.41) is 4.72. The second kappa shape index (κ2) is 10.5. The molecule has 1 aromatic heterocycles. The van der Waals surface area contributed by atoms with E-state index < -0.39 is 0 Å². The lowest BCUT2D eigenvalue weighted by molar-refractivity contribution is 0.288. The highest BCUT2D eigenvalue weighted by atomic mass is 16.5. The predicted octanol–water partition coefficient (Wildman–Crippen LogP) is 3.98. The standard InChI is InChI=1S/C26H27N5O2/c1-18-5-10-21-11-12-22(29-25(21)13-18)17-33-24-4-2-3-23(15-24)32-16-20-8-6-19(7-9-20)14-26(30-27)31-28/h2-13,15H,14,16-17,27-28H2,1H3,(H,30,31). The maximum atomic E-state index is 5.96. The maximum absolute atomic E-state index is 5.96. The van der Waals surface area contributed by atoms with E-state index in [4.69, 9.17) is 26.1 Å². The van der Waals surface area contributed by atoms with Gasteiger partial charge in [-0.25, -0.2) is 10.8 Å². The molecule has 0 aliphatic heterocycles. The van der Waals surface area contributed by atoms with Crippen molar-refractivity contribution < 1.29 is 9.47 Å². The molecule has 0 spiro atoms. The Morgan fingerprint density at radius 2 is 1.58 bits per heavy atom. The lowest BCUT2D eigenvalue weighted by atomic mass is 10.1. The number of hydrogen-bond acceptors (Lipinski definition) is 6. The summed E-state index contributed by atoms with van der Waals surface area (Å²) in [6.45, 7) is 2.90. The molecule has 1 heterocycles. The van der Waals surface area contributed by atoms with Crippen LogP contribution in [0.15, 0.2) is 84.0 Å². The monoisotopic (exact) mass is 441 g/mol. The largest absolute Gasteiger partial charge is 0.489 e. The third-order valence-electron chi connectivity index (χ3n) is 5.22. The molecule has 0 radical (unpaired) electrons. The van der Waals surface area contributed by atoms with Crippen LogP contribution in [0.3, 0.4) is 0 Å². The van der Waals surface area contributed by atoms with Gasteiger partial charge < -0.3 is 20.7 Å². The molecule has 0 aliphatic carbocycles. The smallest absolute Gasteiger partial charge is 0.140 e. The Hall–Kier alpha value is -4.10. The Morgan fingerprint density at radius 3 is 2.30 bits per heavy atom. The summed E-state index contributed by atoms with van der Waals surface area (Å²) in [6.07, 6.45) is 0.541. The van der Waals surface area contributed by atoms with E-state index in [1.807, 2.05) is 54.6 Å². The molecule has 0 amide bonds. The van der Waals surface area contributed by atoms with E-state index in [1.54, 1.807) is 0 Å². The lowest BCUT2D eigenvalue weighted by Gasteiger charge is -2.11. The Labute approximate surface area is 193 Å². The summed E-state index contributed by atoms with van der Waals surface area (Å²) in [7, 11) is 0. The first-order chi connectivity index (χ1) is 16.1. The highest BCUT2D eigenvalue weighted by Crippen LogP contribution is 2.22. The third-order valence-corrected chi connectivity index (χ3v) is 5.22. The van der Waals surface area contributed by atoms with Crippen molar-refractivity contribution in [2.24, 2.45) is 16.8 Å². The van der Waals surface area contributed by atoms with Crippen LogP contribution in [0.2, 0.25) is 0 Å². The molecule has 7 nitrogen and oxygen atoms in total. The average Bonchev–Trinajstić information content (AvgIpc) is 2.85. The fraction of sp³-hybridized carbons (Fsp3) is 0.154. The van der Waals surface area contributed by atoms with Gasteiger partial charge in [-0.3, -0.25) is 0 Å². The number of hydrazone groups is 1. The van der Waals surface area contributed by atoms with Crippen molar-refractivity contribution in [1.82, 2.24) is 10.4 Å². The van der Waals surface area contributed by atoms with Crippen molar-refractivity contribution in [3.63, 3.8) is 0 Å². The van der Waals surface area contributed by atoms with Crippen LogP contribution in [0.4, 0.5) is 0 Å². The SMILES string of the molecule is Cc1ccc2ccc(COc3cccc(OCc4ccc(C/C(=N/N)NN)cc4)c3)nc2c1. The van der Waals surface area contributed by atoms with Gasteiger partial charge in [0.1, 0.15) is 30.5 Å². The number of nitrogens with two attached hydrogens (primary N) is 2. The number of hydrazine groups is 1. The number of ether oxygens (including phenoxy) is 2. The van der Waals surface area contributed by atoms with Crippen molar-refractivity contribution in [2.45, 2.75) is 26.6 Å². The van der Waals surface area contributed by atoms with Crippen LogP contribution >= 0.6 is 0 Å². The van der Waals surface area contributed by atoms with Crippen molar-refractivity contribution in [3.05, 3.63) is 101 Å². The number of aryl methyl sites for hydroxylation is 1. The number of aromatic nitrogens is 1. The van der Waals surface area contributed by atoms with Gasteiger partial charge in [-0.1, -0.05) is 48.5 Å². The van der Waals surface area contributed by atoms with Gasteiger partial charge in [0.15, 0.2) is 0 Å². The van der Waals surface area contributed by atoms with Gasteiger partial charge in [0.25, 0.3) is 0 Å². The van der Waals surface area contributed by atoms with Gasteiger partial charge in [0.05, 0.1) is 11.2 Å². The van der Waals surface area contributed by atoms with Crippen LogP contribution in [-0.2, 0) is 19.6 Å². The van der Waals surface area contributed by atoms with Crippen LogP contribution in [0.25, 0.3) is 10.9 Å². The summed E-state index contributed by atoms with van der Waals surface area (Å²) >= 11 is 0. The molecule has 7 heteroatoms. The fourth-order valence-corrected chi connectivity index (χ4v) is 3.41. The first-order valence-electron chi connectivity index (χ1n) is 10.7. The highest BCUT2D eigenvalue weighted by molar-refractivity contribution is 5.83. The molecule has 0 bridgehead atoms. The molecule has 0 saturated heterocycles. The minimum Gasteiger partial charge on any atom is -0.489 e. The van der Waals surface area contributed by atoms with Gasteiger partial charge >= 0.3 is 0 Å². The molecule has 5 N–H and O–H groups in total. The van der Waals surface area contributed by atoms with Crippen LogP contribution in [0, 0.1) is 6.92 Å². The molecule has 3 aromatic carbocycles. The zero-order valence-corrected chi connectivity index (χ0v) is 18.5. The summed E-state index contributed by atoms with van der Waals surface area (Å²) in [4.78, 5) is 4.70. The maximum Gasteiger partial charge on any atom is 0.140 e. The number of nitrogens with one attached hydrogen (secondary N) is 1. The first-order valence-corrected chi connectivity index (χ1v) is 10.7. The molecule has 0 saturated carbocycles. The van der Waals surface area contributed by atoms with Crippen LogP contribution in [0.5, 0.6) is 11.5 Å². The molecule has 4 aromatic rings. The normalized spacial score (nSPS) is 11.4. The molecular formula is C26H27N5O2. The van der Waals surface area contributed by atoms with E-state index in [2.05, 4.69) is 41.7 Å². The Morgan fingerprint density at radius 1 is 0.879 bits per heavy atom. The Kier molecular flexibility index (Phi) is 7.02. The van der Waals surface area contributed by atoms with Gasteiger partial charge in [-0.15, -0.1) is 0 Å². The number of rotatable bonds is 8. The van der Waals surface area contributed by atoms with Gasteiger partial charge in [0, 0.05) is 17.9 Å². The number of amidine groups is 1. The highest BCUT2D eigenvalue weighted by Gasteiger charge is 2.04. The van der Waals surface area contributed by atoms with Crippen molar-refractivity contribution in [2.75, 3.05) is 0 Å². The van der Waals surface area contributed by atoms with Gasteiger partial charge in [-0.05, 0) is 47.9 Å². The van der Waals surface area contributed by atoms with E-state index in [0.717, 1.165) is 39.2 Å². The second-order valence-corrected chi connectivity index (χ2v) is 7.76. The van der Waals surface area contributed by atoms with Crippen molar-refractivity contribution >= 4 is 16.7 Å². The first kappa shape index (κ1) is 22.1. The summed E-state index contributed by atoms with van der Waals surface area (Å²) in [5.41, 5.74) is 7.63. The topological polar surface area (TPSA) is 108 Å². The van der Waals surface area contributed by atoms with Crippen LogP contribution < -0.4 is 26.6 Å². The number of nitrogens with zero attached hydrogens (tertiary/aromatic N) is 2. The van der Waals surface area contributed by atoms with E-state index in [1.165, 1.54) is 5.56 Å². The van der Waals surface area contributed by atoms with Gasteiger partial charge in [0.2, 0.25) is 0 Å². The molecule has 33 heavy (non-hydrogen) atoms. The summed E-state index contributed by atoms with van der Waals surface area (Å²) < 4.78 is 11.9. The Balaban J connectivity index is 1.33. The van der Waals surface area contributed by atoms with Crippen LogP contribution in [0.1, 0.15) is 22.4 Å². The van der Waals surface area contributed by atoms with Crippen molar-refractivity contribution in [3.8, 4) is 11.5 Å². The van der Waals surface area contributed by atoms with E-state index >= 15 is 0 Å². The van der Waals surface area contributed by atoms with E-state index in [9.17, 15) is 0 Å². The second-order valence-electron chi connectivity index (χ2n) is 7.76. The minimum absolute atomic E-state index is 0.389. The van der Waals surface area contributed by atoms with Crippen LogP contribution in [-0.4, -0.2) is 10.8 Å². The average molecular weight is 442 g/mol. The van der Waals surface area contributed by atoms with Gasteiger partial charge in [-0.2, -0.15) is 5.10 Å². The summed E-state index contributed by atoms with van der Waals surface area (Å²) in [6, 6.07) is 26.0. The number of pyridine rings is 1. The zero-order valence-electron chi connectivity index (χ0n) is 18.5. The third kappa shape index (κ3) is 5.99. The molecular weight excluding hydrogens is 414 g/mol. The van der Waals surface area contributed by atoms with E-state index in [0.29, 0.717) is 25.5 Å². The molecule has 0 fully saturated rings. The molecule has 0 aliphatic rings. The number of benzene rings is 3. The van der Waals surface area contributed by atoms with Crippen molar-refractivity contribution in [1.29, 1.82) is 0 Å². The number of fused-ring (bicyclic) bond motifs is 1. The zero-order chi connectivity index (χ0) is 23.0. The Bertz CT molecular complexity index is 1260. The quantitative estimate of drug-likeness (QED) is 0.165. The predicted molar refractivity (Wildman–Crippen MR) is 131 cm³/mol. The molecule has 4 rings (SSSR count). The van der Waals surface area contributed by atoms with E-state index in [-0.39, 0.29) is 0 Å². The molecule has 168 valence electrons. The fourth-order valence-electron chi connectivity index (χ4n) is 3.41. The molecule has 0 unspecified atom stereocenters. The number of hydrogen-bond donors (Lipinski definition) is 3.